The van der Waals surface area contributed by atoms with Gasteiger partial charge in [0.05, 0.1) is 33.7 Å². The van der Waals surface area contributed by atoms with Gasteiger partial charge in [0.25, 0.3) is 0 Å². The van der Waals surface area contributed by atoms with Crippen molar-refractivity contribution in [3.05, 3.63) is 120 Å². The summed E-state index contributed by atoms with van der Waals surface area (Å²) in [6, 6.07) is 34.1. The van der Waals surface area contributed by atoms with Crippen LogP contribution in [0.15, 0.2) is 101 Å². The van der Waals surface area contributed by atoms with Crippen LogP contribution in [-0.4, -0.2) is 0 Å². The van der Waals surface area contributed by atoms with E-state index < -0.39 is 0 Å². The van der Waals surface area contributed by atoms with Crippen molar-refractivity contribution in [3.63, 3.8) is 0 Å². The second-order valence-electron chi connectivity index (χ2n) is 6.94. The third-order valence-electron chi connectivity index (χ3n) is 5.47. The molecule has 0 spiro atoms. The minimum atomic E-state index is 0.917. The van der Waals surface area contributed by atoms with Crippen LogP contribution in [0.5, 0.6) is 0 Å². The zero-order valence-corrected chi connectivity index (χ0v) is 14.6. The summed E-state index contributed by atoms with van der Waals surface area (Å²) >= 11 is 0. The zero-order chi connectivity index (χ0) is 17.8. The molecule has 1 heterocycles. The highest BCUT2D eigenvalue weighted by atomic mass is 16.3. The number of benzene rings is 4. The van der Waals surface area contributed by atoms with Gasteiger partial charge in [-0.2, -0.15) is 4.42 Å². The summed E-state index contributed by atoms with van der Waals surface area (Å²) < 4.78 is 6.21. The van der Waals surface area contributed by atoms with E-state index in [0.29, 0.717) is 0 Å². The Labute approximate surface area is 157 Å². The summed E-state index contributed by atoms with van der Waals surface area (Å²) in [7, 11) is 0. The Morgan fingerprint density at radius 3 is 1.48 bits per heavy atom. The van der Waals surface area contributed by atoms with E-state index in [9.17, 15) is 0 Å². The summed E-state index contributed by atoms with van der Waals surface area (Å²) in [5.41, 5.74) is 8.28. The molecule has 0 N–H and O–H groups in total. The Morgan fingerprint density at radius 1 is 0.481 bits per heavy atom. The first-order valence-electron chi connectivity index (χ1n) is 9.22. The molecule has 0 unspecified atom stereocenters. The van der Waals surface area contributed by atoms with E-state index in [-0.39, 0.29) is 0 Å². The molecule has 0 fully saturated rings. The molecule has 1 aliphatic carbocycles. The molecule has 0 saturated carbocycles. The lowest BCUT2D eigenvalue weighted by Gasteiger charge is -2.10. The fraction of sp³-hybridized carbons (Fsp3) is 0. The van der Waals surface area contributed by atoms with Gasteiger partial charge in [-0.1, -0.05) is 24.3 Å². The first kappa shape index (κ1) is 14.6. The van der Waals surface area contributed by atoms with Crippen LogP contribution in [0.1, 0.15) is 16.7 Å². The van der Waals surface area contributed by atoms with Crippen LogP contribution in [-0.2, 0) is 0 Å². The number of hydrogen-bond acceptors (Lipinski definition) is 0. The molecule has 1 nitrogen and oxygen atoms in total. The molecule has 0 saturated heterocycles. The standard InChI is InChI=1S/C26H16O/c1-3-11-19-17(9-1)18-10-2-4-12-20(18)25(19)26-21-13-5-7-15-23(21)27-24-16-8-6-14-22(24)26/h1-16H/q+2. The monoisotopic (exact) mass is 344 g/mol. The molecule has 5 aromatic rings. The lowest BCUT2D eigenvalue weighted by Crippen LogP contribution is -2.02. The van der Waals surface area contributed by atoms with Crippen molar-refractivity contribution in [2.75, 3.05) is 0 Å². The van der Waals surface area contributed by atoms with Crippen molar-refractivity contribution in [3.8, 4) is 11.1 Å². The molecule has 0 aliphatic heterocycles. The predicted octanol–water partition coefficient (Wildman–Crippen LogP) is 6.87. The Balaban J connectivity index is 1.80. The molecule has 6 rings (SSSR count). The maximum Gasteiger partial charge on any atom is 0.384 e. The van der Waals surface area contributed by atoms with Crippen LogP contribution in [0.25, 0.3) is 33.1 Å². The average Bonchev–Trinajstić information content (AvgIpc) is 3.06. The van der Waals surface area contributed by atoms with Crippen LogP contribution in [0.4, 0.5) is 0 Å². The fourth-order valence-corrected chi connectivity index (χ4v) is 4.34. The highest BCUT2D eigenvalue weighted by molar-refractivity contribution is 6.02. The van der Waals surface area contributed by atoms with Gasteiger partial charge in [0.1, 0.15) is 10.8 Å². The Hall–Kier alpha value is -3.58. The summed E-state index contributed by atoms with van der Waals surface area (Å²) in [6.07, 6.45) is 0. The number of rotatable bonds is 1. The normalized spacial score (nSPS) is 12.4. The smallest absolute Gasteiger partial charge is 0.194 e. The van der Waals surface area contributed by atoms with Crippen molar-refractivity contribution in [1.29, 1.82) is 0 Å². The summed E-state index contributed by atoms with van der Waals surface area (Å²) in [6.45, 7) is 0. The quantitative estimate of drug-likeness (QED) is 0.180. The maximum absolute atomic E-state index is 6.21. The molecule has 1 aliphatic rings. The van der Waals surface area contributed by atoms with Gasteiger partial charge in [-0.3, -0.25) is 0 Å². The zero-order valence-electron chi connectivity index (χ0n) is 14.6. The maximum atomic E-state index is 6.21. The first-order valence-corrected chi connectivity index (χ1v) is 9.22. The van der Waals surface area contributed by atoms with E-state index in [2.05, 4.69) is 84.9 Å². The van der Waals surface area contributed by atoms with Crippen LogP contribution >= 0.6 is 0 Å². The van der Waals surface area contributed by atoms with Gasteiger partial charge >= 0.3 is 11.2 Å². The van der Waals surface area contributed by atoms with Gasteiger partial charge < -0.3 is 0 Å². The van der Waals surface area contributed by atoms with Crippen LogP contribution in [0.2, 0.25) is 0 Å². The van der Waals surface area contributed by atoms with E-state index in [1.54, 1.807) is 0 Å². The molecule has 1 aromatic heterocycles. The van der Waals surface area contributed by atoms with Gasteiger partial charge in [0, 0.05) is 12.1 Å². The topological polar surface area (TPSA) is 11.3 Å². The predicted molar refractivity (Wildman–Crippen MR) is 111 cm³/mol. The first-order chi connectivity index (χ1) is 13.4. The molecule has 0 radical (unpaired) electrons. The van der Waals surface area contributed by atoms with E-state index in [4.69, 9.17) is 4.42 Å². The second-order valence-corrected chi connectivity index (χ2v) is 6.94. The molecule has 0 amide bonds. The van der Waals surface area contributed by atoms with E-state index >= 15 is 0 Å². The van der Waals surface area contributed by atoms with E-state index in [1.165, 1.54) is 33.7 Å². The van der Waals surface area contributed by atoms with Gasteiger partial charge in [0.15, 0.2) is 0 Å². The highest BCUT2D eigenvalue weighted by Gasteiger charge is 2.40. The Morgan fingerprint density at radius 2 is 0.926 bits per heavy atom. The van der Waals surface area contributed by atoms with Crippen LogP contribution in [0.3, 0.4) is 0 Å². The van der Waals surface area contributed by atoms with Crippen molar-refractivity contribution >= 4 is 21.9 Å². The fourth-order valence-electron chi connectivity index (χ4n) is 4.34. The minimum absolute atomic E-state index is 0.917. The van der Waals surface area contributed by atoms with Crippen molar-refractivity contribution in [1.82, 2.24) is 0 Å². The molecule has 27 heavy (non-hydrogen) atoms. The summed E-state index contributed by atoms with van der Waals surface area (Å²) in [5.74, 6) is 1.30. The third-order valence-corrected chi connectivity index (χ3v) is 5.47. The highest BCUT2D eigenvalue weighted by Crippen LogP contribution is 2.50. The third kappa shape index (κ3) is 2.00. The number of fused-ring (bicyclic) bond motifs is 5. The minimum Gasteiger partial charge on any atom is -0.194 e. The molecule has 1 heteroatoms. The van der Waals surface area contributed by atoms with Crippen LogP contribution < -0.4 is 0 Å². The SMILES string of the molecule is c1ccc2c(c1)-c1ccccc1[C+]2c1c2ccccc2[o+]c2ccccc12. The molecule has 124 valence electrons. The summed E-state index contributed by atoms with van der Waals surface area (Å²) in [4.78, 5) is 0. The molecular formula is C26H16O+2. The lowest BCUT2D eigenvalue weighted by molar-refractivity contribution is 0.660. The van der Waals surface area contributed by atoms with Crippen molar-refractivity contribution < 1.29 is 4.42 Å². The molecular weight excluding hydrogens is 328 g/mol. The van der Waals surface area contributed by atoms with Crippen LogP contribution in [0, 0.1) is 5.92 Å². The molecule has 0 bridgehead atoms. The van der Waals surface area contributed by atoms with Crippen molar-refractivity contribution in [2.45, 2.75) is 0 Å². The summed E-state index contributed by atoms with van der Waals surface area (Å²) in [5, 5.41) is 2.30. The Kier molecular flexibility index (Phi) is 2.95. The van der Waals surface area contributed by atoms with E-state index in [1.807, 2.05) is 12.1 Å². The van der Waals surface area contributed by atoms with E-state index in [0.717, 1.165) is 21.9 Å². The van der Waals surface area contributed by atoms with Gasteiger partial charge in [-0.15, -0.1) is 0 Å². The lowest BCUT2D eigenvalue weighted by atomic mass is 9.85. The Bertz CT molecular complexity index is 1230. The van der Waals surface area contributed by atoms with Gasteiger partial charge in [-0.05, 0) is 60.7 Å². The molecule has 0 atom stereocenters. The molecule has 4 aromatic carbocycles. The van der Waals surface area contributed by atoms with Gasteiger partial charge in [0.2, 0.25) is 0 Å². The largest absolute Gasteiger partial charge is 0.384 e. The number of para-hydroxylation sites is 2. The average molecular weight is 344 g/mol. The van der Waals surface area contributed by atoms with Crippen molar-refractivity contribution in [2.24, 2.45) is 0 Å². The van der Waals surface area contributed by atoms with Gasteiger partial charge in [-0.25, -0.2) is 0 Å². The number of hydrogen-bond donors (Lipinski definition) is 0. The second kappa shape index (κ2) is 5.46.